The fourth-order valence-corrected chi connectivity index (χ4v) is 0.673. The second kappa shape index (κ2) is 9.88. The lowest BCUT2D eigenvalue weighted by Crippen LogP contribution is -2.46. The molecule has 1 atom stereocenters. The van der Waals surface area contributed by atoms with E-state index in [1.807, 2.05) is 0 Å². The maximum atomic E-state index is 12.4. The third-order valence-electron chi connectivity index (χ3n) is 1.61. The first-order valence-electron chi connectivity index (χ1n) is 5.15. The van der Waals surface area contributed by atoms with Crippen molar-refractivity contribution in [2.24, 2.45) is 0 Å². The van der Waals surface area contributed by atoms with Crippen LogP contribution in [0.4, 0.5) is 52.8 Å². The molecule has 0 bridgehead atoms. The molecule has 1 saturated heterocycles. The number of carbonyl (C=O) groups excluding carboxylic acids is 2. The van der Waals surface area contributed by atoms with Crippen LogP contribution in [0, 0.1) is 0 Å². The molecule has 156 valence electrons. The quantitative estimate of drug-likeness (QED) is 0.499. The summed E-state index contributed by atoms with van der Waals surface area (Å²) in [5.41, 5.74) is 0. The molecule has 26 heavy (non-hydrogen) atoms. The van der Waals surface area contributed by atoms with Crippen LogP contribution in [-0.2, 0) is 28.7 Å². The number of carbonyl (C=O) groups is 2. The van der Waals surface area contributed by atoms with E-state index >= 15 is 0 Å². The van der Waals surface area contributed by atoms with Gasteiger partial charge in [0.1, 0.15) is 0 Å². The maximum Gasteiger partial charge on any atom is 0.493 e. The van der Waals surface area contributed by atoms with Gasteiger partial charge in [-0.2, -0.15) is 30.7 Å². The number of alkyl halides is 9. The minimum absolute atomic E-state index is 1.03. The van der Waals surface area contributed by atoms with E-state index < -0.39 is 50.2 Å². The van der Waals surface area contributed by atoms with Gasteiger partial charge in [0.05, 0.1) is 0 Å². The van der Waals surface area contributed by atoms with Crippen LogP contribution in [0.5, 0.6) is 0 Å². The molecule has 1 heterocycles. The number of ether oxygens (including phenoxy) is 3. The molecule has 1 aliphatic rings. The Balaban J connectivity index is 0. The average molecular weight is 424 g/mol. The van der Waals surface area contributed by atoms with Crippen molar-refractivity contribution in [3.05, 3.63) is 0 Å². The summed E-state index contributed by atoms with van der Waals surface area (Å²) in [6.45, 7) is -2.06. The highest BCUT2D eigenvalue weighted by molar-refractivity contribution is 5.77. The Morgan fingerprint density at radius 3 is 1.42 bits per heavy atom. The predicted octanol–water partition coefficient (Wildman–Crippen LogP) is 3.17. The van der Waals surface area contributed by atoms with Crippen LogP contribution in [0.25, 0.3) is 0 Å². The fourth-order valence-electron chi connectivity index (χ4n) is 0.673. The molecule has 0 aromatic carbocycles. The zero-order valence-corrected chi connectivity index (χ0v) is 11.4. The molecule has 1 unspecified atom stereocenters. The molecular weight excluding hydrogens is 420 g/mol. The molecule has 0 aliphatic carbocycles. The average Bonchev–Trinajstić information content (AvgIpc) is 2.65. The summed E-state index contributed by atoms with van der Waals surface area (Å²) in [5, 5.41) is 0. The van der Waals surface area contributed by atoms with E-state index in [4.69, 9.17) is 4.79 Å². The van der Waals surface area contributed by atoms with E-state index in [9.17, 15) is 57.6 Å². The number of hydrogen-bond acceptors (Lipinski definition) is 6. The molecule has 1 rings (SSSR count). The molecular formula is C8H4F12O6. The van der Waals surface area contributed by atoms with E-state index in [1.54, 1.807) is 4.94 Å². The molecule has 1 aliphatic heterocycles. The monoisotopic (exact) mass is 424 g/mol. The molecule has 0 spiro atoms. The summed E-state index contributed by atoms with van der Waals surface area (Å²) in [7, 11) is 0. The standard InChI is InChI=1S/C4F6O3.C2F4O2.C2H4F2O/c5-1(11)2(6)3(7,8)13-4(9,10)12-2;3-1(7)2(4,5)8-6;3-1-5-2-4/h;;1-2H2. The van der Waals surface area contributed by atoms with Gasteiger partial charge in [-0.1, -0.05) is 0 Å². The Kier molecular flexibility index (Phi) is 10.1. The van der Waals surface area contributed by atoms with E-state index in [-0.39, 0.29) is 0 Å². The summed E-state index contributed by atoms with van der Waals surface area (Å²) in [6.07, 6.45) is -15.3. The minimum Gasteiger partial charge on any atom is -0.319 e. The van der Waals surface area contributed by atoms with Crippen LogP contribution < -0.4 is 0 Å². The highest BCUT2D eigenvalue weighted by atomic mass is 19.4. The lowest BCUT2D eigenvalue weighted by Gasteiger charge is -2.15. The first-order chi connectivity index (χ1) is 11.5. The number of hydrogen-bond donors (Lipinski definition) is 0. The molecule has 0 N–H and O–H groups in total. The Morgan fingerprint density at radius 1 is 0.923 bits per heavy atom. The number of rotatable bonds is 5. The van der Waals surface area contributed by atoms with Gasteiger partial charge in [-0.15, -0.1) is 13.7 Å². The van der Waals surface area contributed by atoms with Gasteiger partial charge in [-0.3, -0.25) is 9.59 Å². The lowest BCUT2D eigenvalue weighted by molar-refractivity contribution is -0.386. The molecule has 18 heteroatoms. The van der Waals surface area contributed by atoms with Gasteiger partial charge in [0.25, 0.3) is 0 Å². The van der Waals surface area contributed by atoms with Crippen LogP contribution in [-0.4, -0.2) is 50.2 Å². The first kappa shape index (κ1) is 26.6. The topological polar surface area (TPSA) is 71.1 Å². The van der Waals surface area contributed by atoms with Gasteiger partial charge in [-0.25, -0.2) is 18.3 Å². The summed E-state index contributed by atoms with van der Waals surface area (Å²) in [5.74, 6) is -5.09. The minimum atomic E-state index is -5.36. The Morgan fingerprint density at radius 2 is 1.35 bits per heavy atom. The normalized spacial score (nSPS) is 23.2. The summed E-state index contributed by atoms with van der Waals surface area (Å²) in [4.78, 5) is 20.2. The first-order valence-corrected chi connectivity index (χ1v) is 5.15. The second-order valence-electron chi connectivity index (χ2n) is 3.34. The molecule has 0 radical (unpaired) electrons. The van der Waals surface area contributed by atoms with Gasteiger partial charge in [-0.05, 0) is 4.53 Å². The molecule has 6 nitrogen and oxygen atoms in total. The van der Waals surface area contributed by atoms with E-state index in [2.05, 4.69) is 14.2 Å². The predicted molar refractivity (Wildman–Crippen MR) is 48.3 cm³/mol. The third kappa shape index (κ3) is 7.70. The highest BCUT2D eigenvalue weighted by Gasteiger charge is 2.77. The largest absolute Gasteiger partial charge is 0.493 e. The van der Waals surface area contributed by atoms with E-state index in [0.29, 0.717) is 0 Å². The van der Waals surface area contributed by atoms with Crippen LogP contribution in [0.15, 0.2) is 0 Å². The SMILES string of the molecule is FCOCF.O=C(F)C(F)(F)OF.O=C(F)C1(F)OC(F)(F)OC1(F)F. The smallest absolute Gasteiger partial charge is 0.319 e. The molecule has 0 aromatic heterocycles. The fraction of sp³-hybridized carbons (Fsp3) is 0.750. The van der Waals surface area contributed by atoms with Crippen molar-refractivity contribution in [2.75, 3.05) is 13.7 Å². The molecule has 1 fully saturated rings. The van der Waals surface area contributed by atoms with Crippen molar-refractivity contribution in [3.8, 4) is 0 Å². The van der Waals surface area contributed by atoms with Crippen molar-refractivity contribution in [2.45, 2.75) is 24.4 Å². The lowest BCUT2D eigenvalue weighted by atomic mass is 10.3. The number of halogens is 12. The van der Waals surface area contributed by atoms with E-state index in [0.717, 1.165) is 0 Å². The maximum absolute atomic E-state index is 12.4. The third-order valence-corrected chi connectivity index (χ3v) is 1.61. The van der Waals surface area contributed by atoms with Crippen molar-refractivity contribution in [3.63, 3.8) is 0 Å². The van der Waals surface area contributed by atoms with E-state index in [1.165, 1.54) is 0 Å². The van der Waals surface area contributed by atoms with Crippen LogP contribution in [0.2, 0.25) is 0 Å². The van der Waals surface area contributed by atoms with Crippen molar-refractivity contribution >= 4 is 12.1 Å². The van der Waals surface area contributed by atoms with Gasteiger partial charge < -0.3 is 4.74 Å². The molecule has 0 aromatic rings. The Labute approximate surface area is 133 Å². The van der Waals surface area contributed by atoms with Gasteiger partial charge in [0.2, 0.25) is 0 Å². The van der Waals surface area contributed by atoms with Crippen molar-refractivity contribution < 1.29 is 81.6 Å². The van der Waals surface area contributed by atoms with Crippen molar-refractivity contribution in [1.82, 2.24) is 0 Å². The highest BCUT2D eigenvalue weighted by Crippen LogP contribution is 2.49. The molecule has 0 saturated carbocycles. The zero-order chi connectivity index (χ0) is 21.4. The van der Waals surface area contributed by atoms with Gasteiger partial charge in [0, 0.05) is 0 Å². The summed E-state index contributed by atoms with van der Waals surface area (Å²) >= 11 is 0. The zero-order valence-electron chi connectivity index (χ0n) is 11.4. The second-order valence-corrected chi connectivity index (χ2v) is 3.34. The van der Waals surface area contributed by atoms with Crippen LogP contribution in [0.3, 0.4) is 0 Å². The summed E-state index contributed by atoms with van der Waals surface area (Å²) < 4.78 is 144. The van der Waals surface area contributed by atoms with Crippen molar-refractivity contribution in [1.29, 1.82) is 0 Å². The van der Waals surface area contributed by atoms with Gasteiger partial charge >= 0.3 is 36.4 Å². The molecule has 0 amide bonds. The van der Waals surface area contributed by atoms with Crippen LogP contribution in [0.1, 0.15) is 0 Å². The van der Waals surface area contributed by atoms with Gasteiger partial charge in [0.15, 0.2) is 13.7 Å². The Hall–Kier alpha value is -1.66. The Bertz CT molecular complexity index is 471. The van der Waals surface area contributed by atoms with Crippen LogP contribution >= 0.6 is 0 Å². The summed E-state index contributed by atoms with van der Waals surface area (Å²) in [6, 6.07) is -6.55.